The van der Waals surface area contributed by atoms with Gasteiger partial charge in [0.15, 0.2) is 0 Å². The summed E-state index contributed by atoms with van der Waals surface area (Å²) in [7, 11) is 0. The van der Waals surface area contributed by atoms with Crippen LogP contribution in [0, 0.1) is 5.92 Å². The molecule has 19 heavy (non-hydrogen) atoms. The summed E-state index contributed by atoms with van der Waals surface area (Å²) in [5, 5.41) is 2.62. The summed E-state index contributed by atoms with van der Waals surface area (Å²) in [6.45, 7) is 5.40. The lowest BCUT2D eigenvalue weighted by atomic mass is 10.1. The Morgan fingerprint density at radius 2 is 2.00 bits per heavy atom. The highest BCUT2D eigenvalue weighted by molar-refractivity contribution is 7.99. The zero-order valence-corrected chi connectivity index (χ0v) is 13.2. The second-order valence-corrected chi connectivity index (χ2v) is 6.06. The van der Waals surface area contributed by atoms with Crippen LogP contribution < -0.4 is 11.1 Å². The Bertz CT molecular complexity index is 295. The molecule has 1 atom stereocenters. The van der Waals surface area contributed by atoms with Gasteiger partial charge >= 0.3 is 0 Å². The van der Waals surface area contributed by atoms with Gasteiger partial charge in [-0.05, 0) is 18.1 Å². The SMILES string of the molecule is CC(C)[C@H](N)C(=O)NCC(=O)N1CCCSCC1.Cl. The molecule has 0 spiro atoms. The maximum Gasteiger partial charge on any atom is 0.241 e. The average molecular weight is 310 g/mol. The lowest BCUT2D eigenvalue weighted by Gasteiger charge is -2.21. The number of carbonyl (C=O) groups is 2. The number of amides is 2. The van der Waals surface area contributed by atoms with Crippen LogP contribution in [0.1, 0.15) is 20.3 Å². The number of halogens is 1. The second kappa shape index (κ2) is 9.44. The minimum Gasteiger partial charge on any atom is -0.346 e. The minimum atomic E-state index is -0.544. The van der Waals surface area contributed by atoms with Crippen molar-refractivity contribution in [1.29, 1.82) is 0 Å². The number of hydrogen-bond donors (Lipinski definition) is 2. The van der Waals surface area contributed by atoms with E-state index in [1.165, 1.54) is 0 Å². The van der Waals surface area contributed by atoms with Crippen molar-refractivity contribution < 1.29 is 9.59 Å². The maximum atomic E-state index is 11.9. The maximum absolute atomic E-state index is 11.9. The summed E-state index contributed by atoms with van der Waals surface area (Å²) in [6.07, 6.45) is 1.02. The molecule has 1 rings (SSSR count). The Morgan fingerprint density at radius 1 is 1.32 bits per heavy atom. The molecule has 0 aromatic rings. The lowest BCUT2D eigenvalue weighted by Crippen LogP contribution is -2.48. The minimum absolute atomic E-state index is 0. The molecule has 0 aromatic heterocycles. The summed E-state index contributed by atoms with van der Waals surface area (Å²) in [6, 6.07) is -0.544. The highest BCUT2D eigenvalue weighted by Crippen LogP contribution is 2.09. The van der Waals surface area contributed by atoms with Crippen LogP contribution in [0.15, 0.2) is 0 Å². The van der Waals surface area contributed by atoms with Gasteiger partial charge in [-0.3, -0.25) is 9.59 Å². The third-order valence-electron chi connectivity index (χ3n) is 3.01. The Labute approximate surface area is 125 Å². The molecular formula is C12H24ClN3O2S. The van der Waals surface area contributed by atoms with E-state index in [4.69, 9.17) is 5.73 Å². The first-order valence-electron chi connectivity index (χ1n) is 6.41. The van der Waals surface area contributed by atoms with E-state index in [0.29, 0.717) is 0 Å². The molecule has 1 saturated heterocycles. The van der Waals surface area contributed by atoms with Gasteiger partial charge in [-0.2, -0.15) is 11.8 Å². The van der Waals surface area contributed by atoms with E-state index in [1.807, 2.05) is 30.5 Å². The first kappa shape index (κ1) is 18.5. The zero-order valence-electron chi connectivity index (χ0n) is 11.6. The van der Waals surface area contributed by atoms with Gasteiger partial charge in [0.1, 0.15) is 0 Å². The molecular weight excluding hydrogens is 286 g/mol. The van der Waals surface area contributed by atoms with Gasteiger partial charge in [-0.1, -0.05) is 13.8 Å². The number of carbonyl (C=O) groups excluding carboxylic acids is 2. The average Bonchev–Trinajstić information content (AvgIpc) is 2.63. The summed E-state index contributed by atoms with van der Waals surface area (Å²) in [5.74, 6) is 1.90. The smallest absolute Gasteiger partial charge is 0.241 e. The molecule has 0 radical (unpaired) electrons. The number of nitrogens with one attached hydrogen (secondary N) is 1. The fraction of sp³-hybridized carbons (Fsp3) is 0.833. The predicted molar refractivity (Wildman–Crippen MR) is 81.6 cm³/mol. The molecule has 0 aliphatic carbocycles. The fourth-order valence-electron chi connectivity index (χ4n) is 1.69. The molecule has 1 aliphatic rings. The topological polar surface area (TPSA) is 75.4 Å². The van der Waals surface area contributed by atoms with E-state index >= 15 is 0 Å². The molecule has 0 saturated carbocycles. The molecule has 0 bridgehead atoms. The van der Waals surface area contributed by atoms with Crippen LogP contribution >= 0.6 is 24.2 Å². The highest BCUT2D eigenvalue weighted by atomic mass is 35.5. The number of nitrogens with zero attached hydrogens (tertiary/aromatic N) is 1. The molecule has 0 unspecified atom stereocenters. The number of rotatable bonds is 4. The molecule has 5 nitrogen and oxygen atoms in total. The summed E-state index contributed by atoms with van der Waals surface area (Å²) in [5.41, 5.74) is 5.71. The van der Waals surface area contributed by atoms with E-state index < -0.39 is 6.04 Å². The molecule has 1 heterocycles. The van der Waals surface area contributed by atoms with E-state index in [-0.39, 0.29) is 36.7 Å². The predicted octanol–water partition coefficient (Wildman–Crippen LogP) is 0.473. The van der Waals surface area contributed by atoms with Crippen molar-refractivity contribution in [2.24, 2.45) is 11.7 Å². The van der Waals surface area contributed by atoms with Crippen LogP contribution in [-0.4, -0.2) is 53.9 Å². The Hall–Kier alpha value is -0.460. The van der Waals surface area contributed by atoms with Crippen molar-refractivity contribution in [1.82, 2.24) is 10.2 Å². The van der Waals surface area contributed by atoms with Gasteiger partial charge in [0.2, 0.25) is 11.8 Å². The van der Waals surface area contributed by atoms with Crippen molar-refractivity contribution in [2.45, 2.75) is 26.3 Å². The first-order valence-corrected chi connectivity index (χ1v) is 7.56. The van der Waals surface area contributed by atoms with Crippen molar-refractivity contribution in [2.75, 3.05) is 31.1 Å². The van der Waals surface area contributed by atoms with Crippen LogP contribution in [0.4, 0.5) is 0 Å². The molecule has 7 heteroatoms. The number of hydrogen-bond acceptors (Lipinski definition) is 4. The summed E-state index contributed by atoms with van der Waals surface area (Å²) in [4.78, 5) is 25.4. The van der Waals surface area contributed by atoms with Crippen LogP contribution in [0.25, 0.3) is 0 Å². The van der Waals surface area contributed by atoms with Gasteiger partial charge in [0.05, 0.1) is 12.6 Å². The monoisotopic (exact) mass is 309 g/mol. The van der Waals surface area contributed by atoms with E-state index in [0.717, 1.165) is 31.0 Å². The summed E-state index contributed by atoms with van der Waals surface area (Å²) < 4.78 is 0. The van der Waals surface area contributed by atoms with Crippen molar-refractivity contribution in [3.63, 3.8) is 0 Å². The number of thioether (sulfide) groups is 1. The molecule has 1 aliphatic heterocycles. The normalized spacial score (nSPS) is 17.4. The first-order chi connectivity index (χ1) is 8.52. The van der Waals surface area contributed by atoms with Crippen LogP contribution in [0.2, 0.25) is 0 Å². The summed E-state index contributed by atoms with van der Waals surface area (Å²) >= 11 is 1.87. The van der Waals surface area contributed by atoms with E-state index in [1.54, 1.807) is 0 Å². The van der Waals surface area contributed by atoms with Crippen LogP contribution in [0.5, 0.6) is 0 Å². The fourth-order valence-corrected chi connectivity index (χ4v) is 2.58. The van der Waals surface area contributed by atoms with Crippen molar-refractivity contribution in [3.8, 4) is 0 Å². The largest absolute Gasteiger partial charge is 0.346 e. The van der Waals surface area contributed by atoms with Gasteiger partial charge in [0.25, 0.3) is 0 Å². The lowest BCUT2D eigenvalue weighted by molar-refractivity contribution is -0.133. The highest BCUT2D eigenvalue weighted by Gasteiger charge is 2.20. The second-order valence-electron chi connectivity index (χ2n) is 4.83. The standard InChI is InChI=1S/C12H23N3O2S.ClH/c1-9(2)11(13)12(17)14-8-10(16)15-4-3-6-18-7-5-15;/h9,11H,3-8,13H2,1-2H3,(H,14,17);1H/t11-;/m0./s1. The van der Waals surface area contributed by atoms with Crippen molar-refractivity contribution >= 4 is 36.0 Å². The van der Waals surface area contributed by atoms with Gasteiger partial charge in [0, 0.05) is 18.8 Å². The van der Waals surface area contributed by atoms with Crippen LogP contribution in [-0.2, 0) is 9.59 Å². The van der Waals surface area contributed by atoms with Crippen molar-refractivity contribution in [3.05, 3.63) is 0 Å². The third kappa shape index (κ3) is 6.49. The molecule has 1 fully saturated rings. The third-order valence-corrected chi connectivity index (χ3v) is 4.06. The van der Waals surface area contributed by atoms with Gasteiger partial charge < -0.3 is 16.0 Å². The van der Waals surface area contributed by atoms with E-state index in [2.05, 4.69) is 5.32 Å². The quantitative estimate of drug-likeness (QED) is 0.792. The molecule has 0 aromatic carbocycles. The van der Waals surface area contributed by atoms with Gasteiger partial charge in [-0.25, -0.2) is 0 Å². The number of nitrogens with two attached hydrogens (primary N) is 1. The molecule has 2 amide bonds. The van der Waals surface area contributed by atoms with Crippen LogP contribution in [0.3, 0.4) is 0 Å². The Balaban J connectivity index is 0.00000324. The Morgan fingerprint density at radius 3 is 2.63 bits per heavy atom. The Kier molecular flexibility index (Phi) is 9.22. The van der Waals surface area contributed by atoms with Gasteiger partial charge in [-0.15, -0.1) is 12.4 Å². The molecule has 3 N–H and O–H groups in total. The van der Waals surface area contributed by atoms with E-state index in [9.17, 15) is 9.59 Å². The zero-order chi connectivity index (χ0) is 13.5. The molecule has 112 valence electrons.